The minimum atomic E-state index is 0.175. The first kappa shape index (κ1) is 19.4. The van der Waals surface area contributed by atoms with Crippen molar-refractivity contribution in [1.82, 2.24) is 9.55 Å². The summed E-state index contributed by atoms with van der Waals surface area (Å²) >= 11 is 1.59. The maximum absolute atomic E-state index is 13.1. The minimum absolute atomic E-state index is 0.175. The molecule has 2 aliphatic rings. The smallest absolute Gasteiger partial charge is 0.237 e. The summed E-state index contributed by atoms with van der Waals surface area (Å²) < 4.78 is 2.39. The highest BCUT2D eigenvalue weighted by Crippen LogP contribution is 2.38. The van der Waals surface area contributed by atoms with E-state index in [0.717, 1.165) is 30.2 Å². The molecule has 0 unspecified atom stereocenters. The molecule has 0 bridgehead atoms. The molecule has 1 saturated carbocycles. The molecular formula is C25H27N3OS. The summed E-state index contributed by atoms with van der Waals surface area (Å²) in [5, 5.41) is 0.972. The third-order valence-corrected chi connectivity index (χ3v) is 7.21. The van der Waals surface area contributed by atoms with Gasteiger partial charge >= 0.3 is 0 Å². The number of anilines is 1. The predicted octanol–water partition coefficient (Wildman–Crippen LogP) is 5.74. The van der Waals surface area contributed by atoms with Crippen molar-refractivity contribution >= 4 is 23.4 Å². The van der Waals surface area contributed by atoms with Crippen LogP contribution < -0.4 is 4.90 Å². The number of hydrogen-bond acceptors (Lipinski definition) is 3. The lowest BCUT2D eigenvalue weighted by Crippen LogP contribution is -2.36. The fraction of sp³-hybridized carbons (Fsp3) is 0.360. The number of imidazole rings is 1. The first-order chi connectivity index (χ1) is 14.8. The molecule has 0 spiro atoms. The van der Waals surface area contributed by atoms with Gasteiger partial charge in [-0.15, -0.1) is 0 Å². The van der Waals surface area contributed by atoms with Gasteiger partial charge in [-0.1, -0.05) is 73.1 Å². The Balaban J connectivity index is 1.38. The van der Waals surface area contributed by atoms with E-state index in [1.54, 1.807) is 11.8 Å². The Bertz CT molecular complexity index is 1020. The molecule has 3 aromatic rings. The fourth-order valence-electron chi connectivity index (χ4n) is 4.79. The summed E-state index contributed by atoms with van der Waals surface area (Å²) in [6, 6.07) is 19.3. The second kappa shape index (κ2) is 8.68. The van der Waals surface area contributed by atoms with Gasteiger partial charge in [0.1, 0.15) is 0 Å². The number of aryl methyl sites for hydroxylation is 1. The van der Waals surface area contributed by atoms with Crippen LogP contribution in [-0.2, 0) is 11.2 Å². The molecule has 1 aromatic heterocycles. The van der Waals surface area contributed by atoms with E-state index in [9.17, 15) is 4.79 Å². The van der Waals surface area contributed by atoms with E-state index in [1.165, 1.54) is 42.5 Å². The zero-order chi connectivity index (χ0) is 20.3. The SMILES string of the molecule is O=C(CSc1ncc(-c2ccccc2)n1C1CCCC1)N1CCCc2ccccc21. The van der Waals surface area contributed by atoms with Gasteiger partial charge in [-0.3, -0.25) is 4.79 Å². The number of hydrogen-bond donors (Lipinski definition) is 0. The molecule has 30 heavy (non-hydrogen) atoms. The average molecular weight is 418 g/mol. The Labute approximate surface area is 182 Å². The fourth-order valence-corrected chi connectivity index (χ4v) is 5.71. The van der Waals surface area contributed by atoms with E-state index in [-0.39, 0.29) is 5.91 Å². The molecular weight excluding hydrogens is 390 g/mol. The number of carbonyl (C=O) groups excluding carboxylic acids is 1. The maximum Gasteiger partial charge on any atom is 0.237 e. The summed E-state index contributed by atoms with van der Waals surface area (Å²) in [4.78, 5) is 19.8. The lowest BCUT2D eigenvalue weighted by molar-refractivity contribution is -0.116. The monoisotopic (exact) mass is 417 g/mol. The van der Waals surface area contributed by atoms with Crippen LogP contribution in [0.1, 0.15) is 43.7 Å². The zero-order valence-electron chi connectivity index (χ0n) is 17.2. The number of fused-ring (bicyclic) bond motifs is 1. The van der Waals surface area contributed by atoms with E-state index >= 15 is 0 Å². The second-order valence-corrected chi connectivity index (χ2v) is 9.11. The summed E-state index contributed by atoms with van der Waals surface area (Å²) in [6.07, 6.45) is 8.99. The van der Waals surface area contributed by atoms with Crippen LogP contribution in [0.25, 0.3) is 11.3 Å². The van der Waals surface area contributed by atoms with Gasteiger partial charge in [-0.05, 0) is 42.9 Å². The molecule has 0 atom stereocenters. The Morgan fingerprint density at radius 2 is 1.77 bits per heavy atom. The van der Waals surface area contributed by atoms with Gasteiger partial charge in [-0.2, -0.15) is 0 Å². The Hall–Kier alpha value is -2.53. The topological polar surface area (TPSA) is 38.1 Å². The van der Waals surface area contributed by atoms with Crippen LogP contribution in [0.5, 0.6) is 0 Å². The van der Waals surface area contributed by atoms with Crippen LogP contribution in [-0.4, -0.2) is 27.8 Å². The zero-order valence-corrected chi connectivity index (χ0v) is 18.0. The van der Waals surface area contributed by atoms with Gasteiger partial charge in [-0.25, -0.2) is 4.98 Å². The van der Waals surface area contributed by atoms with Crippen molar-refractivity contribution in [1.29, 1.82) is 0 Å². The van der Waals surface area contributed by atoms with E-state index in [0.29, 0.717) is 11.8 Å². The average Bonchev–Trinajstić information content (AvgIpc) is 3.47. The summed E-state index contributed by atoms with van der Waals surface area (Å²) in [5.74, 6) is 0.598. The van der Waals surface area contributed by atoms with Crippen molar-refractivity contribution in [3.63, 3.8) is 0 Å². The van der Waals surface area contributed by atoms with Crippen molar-refractivity contribution < 1.29 is 4.79 Å². The molecule has 2 heterocycles. The lowest BCUT2D eigenvalue weighted by atomic mass is 10.0. The largest absolute Gasteiger partial charge is 0.316 e. The molecule has 5 rings (SSSR count). The van der Waals surface area contributed by atoms with Gasteiger partial charge in [0.15, 0.2) is 5.16 Å². The van der Waals surface area contributed by atoms with Gasteiger partial charge in [0.25, 0.3) is 0 Å². The molecule has 2 aromatic carbocycles. The minimum Gasteiger partial charge on any atom is -0.316 e. The standard InChI is InChI=1S/C25H27N3OS/c29-24(27-16-8-12-19-11-4-7-15-22(19)27)18-30-25-26-17-23(20-9-2-1-3-10-20)28(25)21-13-5-6-14-21/h1-4,7,9-11,15,17,21H,5-6,8,12-14,16,18H2. The molecule has 5 heteroatoms. The Morgan fingerprint density at radius 1 is 1.00 bits per heavy atom. The normalized spacial score (nSPS) is 16.6. The quantitative estimate of drug-likeness (QED) is 0.497. The van der Waals surface area contributed by atoms with Gasteiger partial charge in [0.05, 0.1) is 17.6 Å². The van der Waals surface area contributed by atoms with Crippen molar-refractivity contribution in [2.75, 3.05) is 17.2 Å². The highest BCUT2D eigenvalue weighted by atomic mass is 32.2. The van der Waals surface area contributed by atoms with Crippen LogP contribution in [0.2, 0.25) is 0 Å². The van der Waals surface area contributed by atoms with E-state index < -0.39 is 0 Å². The second-order valence-electron chi connectivity index (χ2n) is 8.17. The van der Waals surface area contributed by atoms with E-state index in [4.69, 9.17) is 4.98 Å². The maximum atomic E-state index is 13.1. The van der Waals surface area contributed by atoms with Gasteiger partial charge in [0, 0.05) is 18.3 Å². The first-order valence-electron chi connectivity index (χ1n) is 10.9. The van der Waals surface area contributed by atoms with Crippen LogP contribution >= 0.6 is 11.8 Å². The molecule has 1 aliphatic heterocycles. The first-order valence-corrected chi connectivity index (χ1v) is 11.9. The summed E-state index contributed by atoms with van der Waals surface area (Å²) in [7, 11) is 0. The molecule has 1 aliphatic carbocycles. The van der Waals surface area contributed by atoms with Crippen molar-refractivity contribution in [2.24, 2.45) is 0 Å². The number of amides is 1. The van der Waals surface area contributed by atoms with Crippen molar-refractivity contribution in [3.8, 4) is 11.3 Å². The van der Waals surface area contributed by atoms with Crippen molar-refractivity contribution in [3.05, 3.63) is 66.4 Å². The number of rotatable bonds is 5. The third-order valence-electron chi connectivity index (χ3n) is 6.26. The molecule has 1 amide bonds. The number of thioether (sulfide) groups is 1. The van der Waals surface area contributed by atoms with Crippen LogP contribution in [0.15, 0.2) is 66.0 Å². The summed E-state index contributed by atoms with van der Waals surface area (Å²) in [6.45, 7) is 0.808. The van der Waals surface area contributed by atoms with E-state index in [1.807, 2.05) is 23.2 Å². The van der Waals surface area contributed by atoms with Gasteiger partial charge in [0.2, 0.25) is 5.91 Å². The van der Waals surface area contributed by atoms with Crippen LogP contribution in [0.4, 0.5) is 5.69 Å². The Morgan fingerprint density at radius 3 is 2.60 bits per heavy atom. The molecule has 0 saturated heterocycles. The predicted molar refractivity (Wildman–Crippen MR) is 123 cm³/mol. The highest BCUT2D eigenvalue weighted by Gasteiger charge is 2.26. The highest BCUT2D eigenvalue weighted by molar-refractivity contribution is 7.99. The van der Waals surface area contributed by atoms with Crippen LogP contribution in [0.3, 0.4) is 0 Å². The number of carbonyl (C=O) groups is 1. The van der Waals surface area contributed by atoms with Gasteiger partial charge < -0.3 is 9.47 Å². The Kier molecular flexibility index (Phi) is 5.63. The number of benzene rings is 2. The lowest BCUT2D eigenvalue weighted by Gasteiger charge is -2.29. The molecule has 1 fully saturated rings. The molecule has 0 N–H and O–H groups in total. The number of para-hydroxylation sites is 1. The molecule has 0 radical (unpaired) electrons. The number of aromatic nitrogens is 2. The van der Waals surface area contributed by atoms with Crippen molar-refractivity contribution in [2.45, 2.75) is 49.7 Å². The summed E-state index contributed by atoms with van der Waals surface area (Å²) in [5.41, 5.74) is 4.72. The number of nitrogens with zero attached hydrogens (tertiary/aromatic N) is 3. The third kappa shape index (κ3) is 3.79. The molecule has 154 valence electrons. The van der Waals surface area contributed by atoms with E-state index in [2.05, 4.69) is 47.0 Å². The van der Waals surface area contributed by atoms with Crippen LogP contribution in [0, 0.1) is 0 Å². The molecule has 4 nitrogen and oxygen atoms in total.